The Morgan fingerprint density at radius 1 is 0.317 bits per heavy atom. The third-order valence-electron chi connectivity index (χ3n) is 12.8. The average Bonchev–Trinajstić information content (AvgIpc) is 3.35. The third kappa shape index (κ3) is 7.06. The summed E-state index contributed by atoms with van der Waals surface area (Å²) in [5.74, 6) is 1.85. The number of ether oxygens (including phenoxy) is 1. The van der Waals surface area contributed by atoms with Gasteiger partial charge in [0.1, 0.15) is 11.5 Å². The predicted octanol–water partition coefficient (Wildman–Crippen LogP) is 17.1. The van der Waals surface area contributed by atoms with Crippen LogP contribution in [0, 0.1) is 0 Å². The van der Waals surface area contributed by atoms with Gasteiger partial charge in [-0.25, -0.2) is 0 Å². The van der Waals surface area contributed by atoms with E-state index in [1.165, 1.54) is 66.4 Å². The van der Waals surface area contributed by atoms with Gasteiger partial charge in [0.2, 0.25) is 0 Å². The van der Waals surface area contributed by atoms with Gasteiger partial charge in [0.25, 0.3) is 0 Å². The van der Waals surface area contributed by atoms with Gasteiger partial charge in [0, 0.05) is 39.2 Å². The molecule has 0 fully saturated rings. The highest BCUT2D eigenvalue weighted by Crippen LogP contribution is 2.51. The maximum absolute atomic E-state index is 6.67. The lowest BCUT2D eigenvalue weighted by Crippen LogP contribution is -2.24. The van der Waals surface area contributed by atoms with Crippen molar-refractivity contribution in [3.8, 4) is 67.1 Å². The van der Waals surface area contributed by atoms with E-state index in [0.717, 1.165) is 39.7 Å². The fraction of sp³-hybridized carbons (Fsp3) is 0.0492. The van der Waals surface area contributed by atoms with Crippen molar-refractivity contribution < 1.29 is 4.74 Å². The summed E-state index contributed by atoms with van der Waals surface area (Å²) in [5, 5.41) is 2.52. The van der Waals surface area contributed by atoms with Gasteiger partial charge in [-0.15, -0.1) is 0 Å². The van der Waals surface area contributed by atoms with E-state index in [1.54, 1.807) is 0 Å². The van der Waals surface area contributed by atoms with E-state index in [0.29, 0.717) is 0 Å². The highest BCUT2D eigenvalue weighted by molar-refractivity contribution is 5.97. The van der Waals surface area contributed by atoms with Gasteiger partial charge >= 0.3 is 0 Å². The van der Waals surface area contributed by atoms with Crippen LogP contribution in [0.1, 0.15) is 25.0 Å². The van der Waals surface area contributed by atoms with Crippen LogP contribution in [0.5, 0.6) is 11.5 Å². The summed E-state index contributed by atoms with van der Waals surface area (Å²) in [5.41, 5.74) is 17.3. The first kappa shape index (κ1) is 38.0. The van der Waals surface area contributed by atoms with Crippen LogP contribution >= 0.6 is 0 Å². The van der Waals surface area contributed by atoms with Crippen LogP contribution in [0.3, 0.4) is 0 Å². The minimum atomic E-state index is -0.183. The number of hydrogen-bond acceptors (Lipinski definition) is 2. The van der Waals surface area contributed by atoms with Crippen molar-refractivity contribution in [2.75, 3.05) is 4.90 Å². The molecule has 1 aliphatic rings. The van der Waals surface area contributed by atoms with Crippen LogP contribution < -0.4 is 9.64 Å². The monoisotopic (exact) mass is 807 g/mol. The number of hydrogen-bond donors (Lipinski definition) is 0. The lowest BCUT2D eigenvalue weighted by molar-refractivity contribution is 0.419. The zero-order valence-electron chi connectivity index (χ0n) is 35.4. The molecule has 0 atom stereocenters. The molecule has 0 amide bonds. The zero-order valence-corrected chi connectivity index (χ0v) is 35.4. The molecule has 300 valence electrons. The molecule has 63 heavy (non-hydrogen) atoms. The standard InChI is InChI=1S/C61H45NO/c1-61(2)57-19-8-9-21-59(57)63-60-56(18-11-20-58(60)61)50-34-40-53(41-35-50)62(51-36-30-46(31-37-51)44-24-22-43(23-25-44)42-12-4-3-5-13-42)52-38-32-47(33-39-52)45-26-28-49(29-27-45)55-17-10-15-48-14-6-7-16-54(48)55/h3-41H,1-2H3. The molecule has 2 nitrogen and oxygen atoms in total. The normalized spacial score (nSPS) is 12.5. The average molecular weight is 808 g/mol. The van der Waals surface area contributed by atoms with Crippen LogP contribution in [0.4, 0.5) is 17.1 Å². The number of nitrogens with zero attached hydrogens (tertiary/aromatic N) is 1. The van der Waals surface area contributed by atoms with Crippen molar-refractivity contribution in [3.63, 3.8) is 0 Å². The number of benzene rings is 10. The van der Waals surface area contributed by atoms with Crippen molar-refractivity contribution in [2.24, 2.45) is 0 Å². The smallest absolute Gasteiger partial charge is 0.139 e. The van der Waals surface area contributed by atoms with Gasteiger partial charge in [0.05, 0.1) is 0 Å². The van der Waals surface area contributed by atoms with E-state index < -0.39 is 0 Å². The molecule has 0 saturated heterocycles. The number of para-hydroxylation sites is 2. The Balaban J connectivity index is 0.928. The first-order valence-corrected chi connectivity index (χ1v) is 21.7. The molecule has 0 spiro atoms. The number of fused-ring (bicyclic) bond motifs is 3. The third-order valence-corrected chi connectivity index (χ3v) is 12.8. The molecule has 0 unspecified atom stereocenters. The van der Waals surface area contributed by atoms with E-state index in [4.69, 9.17) is 4.74 Å². The Morgan fingerprint density at radius 2 is 0.714 bits per heavy atom. The Morgan fingerprint density at radius 3 is 1.32 bits per heavy atom. The topological polar surface area (TPSA) is 12.5 Å². The summed E-state index contributed by atoms with van der Waals surface area (Å²) >= 11 is 0. The van der Waals surface area contributed by atoms with Gasteiger partial charge in [-0.3, -0.25) is 0 Å². The molecular formula is C61H45NO. The summed E-state index contributed by atoms with van der Waals surface area (Å²) in [6.45, 7) is 4.57. The molecule has 1 heterocycles. The second-order valence-corrected chi connectivity index (χ2v) is 16.9. The second kappa shape index (κ2) is 15.8. The summed E-state index contributed by atoms with van der Waals surface area (Å²) in [6, 6.07) is 85.2. The predicted molar refractivity (Wildman–Crippen MR) is 264 cm³/mol. The molecule has 2 heteroatoms. The lowest BCUT2D eigenvalue weighted by atomic mass is 9.75. The van der Waals surface area contributed by atoms with Crippen LogP contribution in [-0.2, 0) is 5.41 Å². The van der Waals surface area contributed by atoms with E-state index in [-0.39, 0.29) is 5.41 Å². The molecule has 0 bridgehead atoms. The minimum Gasteiger partial charge on any atom is -0.456 e. The molecule has 10 aromatic rings. The molecule has 11 rings (SSSR count). The van der Waals surface area contributed by atoms with Gasteiger partial charge in [-0.2, -0.15) is 0 Å². The second-order valence-electron chi connectivity index (χ2n) is 16.9. The highest BCUT2D eigenvalue weighted by atomic mass is 16.5. The SMILES string of the molecule is CC1(C)c2ccccc2Oc2c(-c3ccc(N(c4ccc(-c5ccc(-c6ccccc6)cc5)cc4)c4ccc(-c5ccc(-c6cccc7ccccc67)cc5)cc4)cc3)cccc21. The number of anilines is 3. The van der Waals surface area contributed by atoms with Gasteiger partial charge in [-0.05, 0) is 103 Å². The van der Waals surface area contributed by atoms with Crippen LogP contribution in [0.15, 0.2) is 237 Å². The maximum Gasteiger partial charge on any atom is 0.139 e. The molecule has 0 N–H and O–H groups in total. The van der Waals surface area contributed by atoms with Crippen LogP contribution in [0.2, 0.25) is 0 Å². The minimum absolute atomic E-state index is 0.183. The van der Waals surface area contributed by atoms with Gasteiger partial charge in [0.15, 0.2) is 0 Å². The molecular weight excluding hydrogens is 763 g/mol. The first-order chi connectivity index (χ1) is 31.0. The summed E-state index contributed by atoms with van der Waals surface area (Å²) in [4.78, 5) is 2.34. The Labute approximate surface area is 370 Å². The van der Waals surface area contributed by atoms with Gasteiger partial charge < -0.3 is 9.64 Å². The van der Waals surface area contributed by atoms with Crippen molar-refractivity contribution in [3.05, 3.63) is 248 Å². The Hall–Kier alpha value is -7.94. The highest BCUT2D eigenvalue weighted by Gasteiger charge is 2.35. The quantitative estimate of drug-likeness (QED) is 0.152. The van der Waals surface area contributed by atoms with E-state index >= 15 is 0 Å². The maximum atomic E-state index is 6.67. The molecule has 1 aliphatic heterocycles. The fourth-order valence-electron chi connectivity index (χ4n) is 9.34. The first-order valence-electron chi connectivity index (χ1n) is 21.7. The van der Waals surface area contributed by atoms with Crippen molar-refractivity contribution >= 4 is 27.8 Å². The summed E-state index contributed by atoms with van der Waals surface area (Å²) < 4.78 is 6.67. The Kier molecular flexibility index (Phi) is 9.55. The Bertz CT molecular complexity index is 3220. The van der Waals surface area contributed by atoms with Crippen molar-refractivity contribution in [2.45, 2.75) is 19.3 Å². The van der Waals surface area contributed by atoms with E-state index in [1.807, 2.05) is 0 Å². The molecule has 0 radical (unpaired) electrons. The zero-order chi connectivity index (χ0) is 42.3. The van der Waals surface area contributed by atoms with Crippen molar-refractivity contribution in [1.82, 2.24) is 0 Å². The lowest BCUT2D eigenvalue weighted by Gasteiger charge is -2.35. The largest absolute Gasteiger partial charge is 0.456 e. The van der Waals surface area contributed by atoms with Crippen molar-refractivity contribution in [1.29, 1.82) is 0 Å². The van der Waals surface area contributed by atoms with Crippen LogP contribution in [-0.4, -0.2) is 0 Å². The van der Waals surface area contributed by atoms with Gasteiger partial charge in [-0.1, -0.05) is 208 Å². The summed E-state index contributed by atoms with van der Waals surface area (Å²) in [6.07, 6.45) is 0. The van der Waals surface area contributed by atoms with Crippen LogP contribution in [0.25, 0.3) is 66.4 Å². The molecule has 0 aromatic heterocycles. The number of rotatable bonds is 8. The molecule has 10 aromatic carbocycles. The van der Waals surface area contributed by atoms with E-state index in [2.05, 4.69) is 255 Å². The molecule has 0 saturated carbocycles. The molecule has 0 aliphatic carbocycles. The van der Waals surface area contributed by atoms with E-state index in [9.17, 15) is 0 Å². The summed E-state index contributed by atoms with van der Waals surface area (Å²) in [7, 11) is 0. The fourth-order valence-corrected chi connectivity index (χ4v) is 9.34.